The highest BCUT2D eigenvalue weighted by atomic mass is 19.1. The number of hydrogen-bond acceptors (Lipinski definition) is 4. The van der Waals surface area contributed by atoms with Crippen LogP contribution < -0.4 is 11.1 Å². The molecule has 0 saturated carbocycles. The zero-order valence-electron chi connectivity index (χ0n) is 11.8. The Kier molecular flexibility index (Phi) is 4.75. The van der Waals surface area contributed by atoms with E-state index in [9.17, 15) is 18.8 Å². The van der Waals surface area contributed by atoms with Crippen LogP contribution in [-0.4, -0.2) is 28.9 Å². The van der Waals surface area contributed by atoms with Crippen molar-refractivity contribution in [2.24, 2.45) is 5.73 Å². The van der Waals surface area contributed by atoms with Gasteiger partial charge in [0.25, 0.3) is 5.91 Å². The molecule has 1 aromatic carbocycles. The van der Waals surface area contributed by atoms with E-state index in [2.05, 4.69) is 5.32 Å². The van der Waals surface area contributed by atoms with E-state index in [1.54, 1.807) is 0 Å². The van der Waals surface area contributed by atoms with Crippen LogP contribution in [0.2, 0.25) is 0 Å². The van der Waals surface area contributed by atoms with Crippen LogP contribution >= 0.6 is 0 Å². The number of nitrogens with one attached hydrogen (secondary N) is 1. The van der Waals surface area contributed by atoms with Crippen molar-refractivity contribution >= 4 is 17.8 Å². The second kappa shape index (κ2) is 6.73. The van der Waals surface area contributed by atoms with Crippen LogP contribution in [-0.2, 0) is 9.59 Å². The molecule has 0 aliphatic rings. The molecule has 0 fully saturated rings. The molecule has 2 amide bonds. The molecule has 0 spiro atoms. The minimum absolute atomic E-state index is 0.139. The number of carbonyl (C=O) groups excluding carboxylic acids is 2. The SMILES string of the molecule is NC(=O)CC(NC(=O)c1ccc(-c2ccc(F)cc2)o1)C(=O)O. The lowest BCUT2D eigenvalue weighted by molar-refractivity contribution is -0.140. The van der Waals surface area contributed by atoms with E-state index in [-0.39, 0.29) is 5.76 Å². The Bertz CT molecular complexity index is 739. The molecule has 23 heavy (non-hydrogen) atoms. The lowest BCUT2D eigenvalue weighted by Crippen LogP contribution is -2.43. The van der Waals surface area contributed by atoms with Crippen molar-refractivity contribution in [1.82, 2.24) is 5.32 Å². The predicted octanol–water partition coefficient (Wildman–Crippen LogP) is 1.14. The molecule has 8 heteroatoms. The first-order chi connectivity index (χ1) is 10.9. The maximum atomic E-state index is 12.9. The number of primary amides is 1. The quantitative estimate of drug-likeness (QED) is 0.736. The summed E-state index contributed by atoms with van der Waals surface area (Å²) in [4.78, 5) is 33.7. The Hall–Kier alpha value is -3.16. The summed E-state index contributed by atoms with van der Waals surface area (Å²) in [7, 11) is 0. The minimum Gasteiger partial charge on any atom is -0.480 e. The molecule has 2 rings (SSSR count). The Morgan fingerprint density at radius 3 is 2.39 bits per heavy atom. The number of nitrogens with two attached hydrogens (primary N) is 1. The summed E-state index contributed by atoms with van der Waals surface area (Å²) >= 11 is 0. The van der Waals surface area contributed by atoms with Gasteiger partial charge < -0.3 is 20.6 Å². The van der Waals surface area contributed by atoms with Gasteiger partial charge in [0.15, 0.2) is 5.76 Å². The monoisotopic (exact) mass is 320 g/mol. The van der Waals surface area contributed by atoms with Crippen LogP contribution in [0.15, 0.2) is 40.8 Å². The first kappa shape index (κ1) is 16.2. The Morgan fingerprint density at radius 1 is 1.17 bits per heavy atom. The summed E-state index contributed by atoms with van der Waals surface area (Å²) in [5, 5.41) is 11.1. The van der Waals surface area contributed by atoms with Crippen LogP contribution in [0.1, 0.15) is 17.0 Å². The van der Waals surface area contributed by atoms with Crippen molar-refractivity contribution in [3.8, 4) is 11.3 Å². The number of rotatable bonds is 6. The fourth-order valence-corrected chi connectivity index (χ4v) is 1.86. The number of benzene rings is 1. The molecule has 4 N–H and O–H groups in total. The lowest BCUT2D eigenvalue weighted by atomic mass is 10.2. The van der Waals surface area contributed by atoms with Gasteiger partial charge in [-0.1, -0.05) is 0 Å². The smallest absolute Gasteiger partial charge is 0.326 e. The molecular formula is C15H13FN2O5. The third-order valence-electron chi connectivity index (χ3n) is 2.97. The average Bonchev–Trinajstić information content (AvgIpc) is 2.96. The average molecular weight is 320 g/mol. The number of aliphatic carboxylic acids is 1. The Morgan fingerprint density at radius 2 is 1.83 bits per heavy atom. The van der Waals surface area contributed by atoms with Gasteiger partial charge in [-0.2, -0.15) is 0 Å². The standard InChI is InChI=1S/C15H13FN2O5/c16-9-3-1-8(2-4-9)11-5-6-12(23-11)14(20)18-10(15(21)22)7-13(17)19/h1-6,10H,7H2,(H2,17,19)(H,18,20)(H,21,22). The van der Waals surface area contributed by atoms with E-state index in [4.69, 9.17) is 15.3 Å². The number of carboxylic acids is 1. The van der Waals surface area contributed by atoms with Gasteiger partial charge in [0.2, 0.25) is 5.91 Å². The Labute approximate surface area is 129 Å². The van der Waals surface area contributed by atoms with Crippen molar-refractivity contribution < 1.29 is 28.3 Å². The van der Waals surface area contributed by atoms with Gasteiger partial charge in [-0.3, -0.25) is 9.59 Å². The molecule has 1 heterocycles. The van der Waals surface area contributed by atoms with Crippen LogP contribution in [0.3, 0.4) is 0 Å². The highest BCUT2D eigenvalue weighted by Gasteiger charge is 2.24. The van der Waals surface area contributed by atoms with Crippen LogP contribution in [0.25, 0.3) is 11.3 Å². The number of carbonyl (C=O) groups is 3. The van der Waals surface area contributed by atoms with Gasteiger partial charge >= 0.3 is 5.97 Å². The number of furan rings is 1. The molecule has 1 aromatic heterocycles. The van der Waals surface area contributed by atoms with E-state index in [1.807, 2.05) is 0 Å². The molecule has 0 bridgehead atoms. The van der Waals surface area contributed by atoms with Crippen LogP contribution in [0.4, 0.5) is 4.39 Å². The molecule has 7 nitrogen and oxygen atoms in total. The van der Waals surface area contributed by atoms with Gasteiger partial charge in [-0.15, -0.1) is 0 Å². The summed E-state index contributed by atoms with van der Waals surface area (Å²) in [6, 6.07) is 6.82. The van der Waals surface area contributed by atoms with E-state index in [0.29, 0.717) is 11.3 Å². The number of halogens is 1. The molecule has 2 aromatic rings. The second-order valence-corrected chi connectivity index (χ2v) is 4.71. The first-order valence-corrected chi connectivity index (χ1v) is 6.54. The molecule has 0 radical (unpaired) electrons. The summed E-state index contributed by atoms with van der Waals surface area (Å²) in [5.41, 5.74) is 5.48. The largest absolute Gasteiger partial charge is 0.480 e. The zero-order valence-corrected chi connectivity index (χ0v) is 11.8. The van der Waals surface area contributed by atoms with E-state index in [0.717, 1.165) is 0 Å². The van der Waals surface area contributed by atoms with Crippen molar-refractivity contribution in [2.45, 2.75) is 12.5 Å². The summed E-state index contributed by atoms with van der Waals surface area (Å²) < 4.78 is 18.2. The predicted molar refractivity (Wildman–Crippen MR) is 76.8 cm³/mol. The van der Waals surface area contributed by atoms with Crippen molar-refractivity contribution in [2.75, 3.05) is 0 Å². The highest BCUT2D eigenvalue weighted by molar-refractivity contribution is 5.96. The fourth-order valence-electron chi connectivity index (χ4n) is 1.86. The van der Waals surface area contributed by atoms with Gasteiger partial charge in [0.1, 0.15) is 17.6 Å². The number of carboxylic acid groups (broad SMARTS) is 1. The third kappa shape index (κ3) is 4.16. The van der Waals surface area contributed by atoms with Crippen LogP contribution in [0.5, 0.6) is 0 Å². The molecule has 0 aliphatic carbocycles. The van der Waals surface area contributed by atoms with E-state index >= 15 is 0 Å². The van der Waals surface area contributed by atoms with Gasteiger partial charge in [0.05, 0.1) is 6.42 Å². The highest BCUT2D eigenvalue weighted by Crippen LogP contribution is 2.22. The topological polar surface area (TPSA) is 123 Å². The van der Waals surface area contributed by atoms with Gasteiger partial charge in [-0.25, -0.2) is 9.18 Å². The molecule has 0 saturated heterocycles. The fraction of sp³-hybridized carbons (Fsp3) is 0.133. The van der Waals surface area contributed by atoms with Crippen molar-refractivity contribution in [1.29, 1.82) is 0 Å². The Balaban J connectivity index is 2.12. The van der Waals surface area contributed by atoms with E-state index < -0.39 is 36.1 Å². The van der Waals surface area contributed by atoms with Crippen molar-refractivity contribution in [3.63, 3.8) is 0 Å². The van der Waals surface area contributed by atoms with Gasteiger partial charge in [0, 0.05) is 5.56 Å². The van der Waals surface area contributed by atoms with Crippen LogP contribution in [0, 0.1) is 5.82 Å². The zero-order chi connectivity index (χ0) is 17.0. The third-order valence-corrected chi connectivity index (χ3v) is 2.97. The maximum Gasteiger partial charge on any atom is 0.326 e. The minimum atomic E-state index is -1.45. The molecule has 1 atom stereocenters. The normalized spacial score (nSPS) is 11.7. The summed E-state index contributed by atoms with van der Waals surface area (Å²) in [6.45, 7) is 0. The lowest BCUT2D eigenvalue weighted by Gasteiger charge is -2.11. The van der Waals surface area contributed by atoms with E-state index in [1.165, 1.54) is 36.4 Å². The first-order valence-electron chi connectivity index (χ1n) is 6.54. The molecule has 0 aliphatic heterocycles. The molecular weight excluding hydrogens is 307 g/mol. The number of hydrogen-bond donors (Lipinski definition) is 3. The maximum absolute atomic E-state index is 12.9. The molecule has 1 unspecified atom stereocenters. The molecule has 120 valence electrons. The number of amides is 2. The van der Waals surface area contributed by atoms with Crippen molar-refractivity contribution in [3.05, 3.63) is 48.0 Å². The summed E-state index contributed by atoms with van der Waals surface area (Å²) in [6.07, 6.45) is -0.535. The summed E-state index contributed by atoms with van der Waals surface area (Å²) in [5.74, 6) is -3.27. The van der Waals surface area contributed by atoms with Gasteiger partial charge in [-0.05, 0) is 36.4 Å². The second-order valence-electron chi connectivity index (χ2n) is 4.71.